The van der Waals surface area contributed by atoms with E-state index in [1.54, 1.807) is 13.0 Å². The Morgan fingerprint density at radius 3 is 3.19 bits per heavy atom. The molecular formula is C11H12N2O3. The van der Waals surface area contributed by atoms with Gasteiger partial charge in [0.25, 0.3) is 0 Å². The average molecular weight is 220 g/mol. The Morgan fingerprint density at radius 2 is 2.44 bits per heavy atom. The highest BCUT2D eigenvalue weighted by Gasteiger charge is 2.18. The summed E-state index contributed by atoms with van der Waals surface area (Å²) in [6.45, 7) is 2.52. The van der Waals surface area contributed by atoms with E-state index in [9.17, 15) is 9.59 Å². The number of hydrogen-bond donors (Lipinski definition) is 1. The minimum absolute atomic E-state index is 0.0381. The summed E-state index contributed by atoms with van der Waals surface area (Å²) in [4.78, 5) is 26.7. The Hall–Kier alpha value is -1.91. The summed E-state index contributed by atoms with van der Waals surface area (Å²) in [6.07, 6.45) is 1.73. The summed E-state index contributed by atoms with van der Waals surface area (Å²) in [6, 6.07) is 1.72. The third-order valence-electron chi connectivity index (χ3n) is 2.38. The normalized spacial score (nSPS) is 13.9. The molecule has 0 spiro atoms. The molecule has 0 saturated heterocycles. The van der Waals surface area contributed by atoms with Gasteiger partial charge in [-0.25, -0.2) is 4.79 Å². The van der Waals surface area contributed by atoms with E-state index in [-0.39, 0.29) is 18.3 Å². The fourth-order valence-electron chi connectivity index (χ4n) is 1.59. The van der Waals surface area contributed by atoms with E-state index in [2.05, 4.69) is 10.3 Å². The molecule has 0 unspecified atom stereocenters. The van der Waals surface area contributed by atoms with Crippen molar-refractivity contribution in [3.05, 3.63) is 29.1 Å². The van der Waals surface area contributed by atoms with Crippen molar-refractivity contribution >= 4 is 11.9 Å². The van der Waals surface area contributed by atoms with Crippen molar-refractivity contribution in [1.82, 2.24) is 10.3 Å². The van der Waals surface area contributed by atoms with Crippen LogP contribution in [0.25, 0.3) is 0 Å². The number of carbonyl (C=O) groups excluding carboxylic acids is 2. The van der Waals surface area contributed by atoms with Crippen LogP contribution in [-0.4, -0.2) is 23.5 Å². The minimum atomic E-state index is -0.380. The summed E-state index contributed by atoms with van der Waals surface area (Å²) < 4.78 is 4.87. The molecule has 0 fully saturated rings. The molecule has 0 aliphatic carbocycles. The molecule has 1 aromatic heterocycles. The molecule has 16 heavy (non-hydrogen) atoms. The molecule has 0 atom stereocenters. The molecule has 0 bridgehead atoms. The number of fused-ring (bicyclic) bond motifs is 1. The maximum absolute atomic E-state index is 11.4. The van der Waals surface area contributed by atoms with E-state index in [1.165, 1.54) is 6.20 Å². The van der Waals surface area contributed by atoms with E-state index in [4.69, 9.17) is 4.74 Å². The van der Waals surface area contributed by atoms with Gasteiger partial charge in [-0.15, -0.1) is 0 Å². The first-order valence-corrected chi connectivity index (χ1v) is 5.12. The number of pyridine rings is 1. The lowest BCUT2D eigenvalue weighted by Gasteiger charge is -2.16. The van der Waals surface area contributed by atoms with Crippen molar-refractivity contribution in [2.24, 2.45) is 0 Å². The topological polar surface area (TPSA) is 68.3 Å². The highest BCUT2D eigenvalue weighted by atomic mass is 16.5. The zero-order valence-corrected chi connectivity index (χ0v) is 8.95. The van der Waals surface area contributed by atoms with Gasteiger partial charge in [0, 0.05) is 12.7 Å². The van der Waals surface area contributed by atoms with Crippen LogP contribution in [-0.2, 0) is 22.5 Å². The number of ether oxygens (including phenoxy) is 1. The SMILES string of the molecule is CCOC(=O)c1cnc2c(c1)CNC(=O)C2. The Morgan fingerprint density at radius 1 is 1.62 bits per heavy atom. The summed E-state index contributed by atoms with van der Waals surface area (Å²) in [5, 5.41) is 2.71. The summed E-state index contributed by atoms with van der Waals surface area (Å²) in [7, 11) is 0. The van der Waals surface area contributed by atoms with Gasteiger partial charge < -0.3 is 10.1 Å². The molecule has 0 radical (unpaired) electrons. The Balaban J connectivity index is 2.26. The second kappa shape index (κ2) is 4.30. The molecule has 2 heterocycles. The van der Waals surface area contributed by atoms with E-state index in [1.807, 2.05) is 0 Å². The van der Waals surface area contributed by atoms with Crippen molar-refractivity contribution in [2.75, 3.05) is 6.61 Å². The summed E-state index contributed by atoms with van der Waals surface area (Å²) >= 11 is 0. The number of aromatic nitrogens is 1. The Labute approximate surface area is 92.8 Å². The number of nitrogens with zero attached hydrogens (tertiary/aromatic N) is 1. The molecule has 84 valence electrons. The molecule has 1 amide bonds. The highest BCUT2D eigenvalue weighted by Crippen LogP contribution is 2.14. The lowest BCUT2D eigenvalue weighted by Crippen LogP contribution is -2.31. The molecule has 1 N–H and O–H groups in total. The predicted octanol–water partition coefficient (Wildman–Crippen LogP) is 0.431. The largest absolute Gasteiger partial charge is 0.462 e. The van der Waals surface area contributed by atoms with Gasteiger partial charge in [0.15, 0.2) is 0 Å². The number of rotatable bonds is 2. The standard InChI is InChI=1S/C11H12N2O3/c1-2-16-11(15)8-3-7-5-13-10(14)4-9(7)12-6-8/h3,6H,2,4-5H2,1H3,(H,13,14). The summed E-state index contributed by atoms with van der Waals surface area (Å²) in [5.41, 5.74) is 2.04. The van der Waals surface area contributed by atoms with Crippen LogP contribution in [0.1, 0.15) is 28.5 Å². The zero-order chi connectivity index (χ0) is 11.5. The van der Waals surface area contributed by atoms with E-state index < -0.39 is 0 Å². The Bertz CT molecular complexity index is 443. The van der Waals surface area contributed by atoms with Gasteiger partial charge in [-0.05, 0) is 18.6 Å². The molecule has 1 aromatic rings. The van der Waals surface area contributed by atoms with E-state index in [0.29, 0.717) is 18.7 Å². The van der Waals surface area contributed by atoms with Gasteiger partial charge in [0.2, 0.25) is 5.91 Å². The molecular weight excluding hydrogens is 208 g/mol. The van der Waals surface area contributed by atoms with Gasteiger partial charge in [0.05, 0.1) is 24.3 Å². The molecule has 0 aromatic carbocycles. The average Bonchev–Trinajstić information content (AvgIpc) is 2.28. The molecule has 1 aliphatic heterocycles. The first-order chi connectivity index (χ1) is 7.70. The monoisotopic (exact) mass is 220 g/mol. The van der Waals surface area contributed by atoms with Gasteiger partial charge in [-0.2, -0.15) is 0 Å². The molecule has 1 aliphatic rings. The van der Waals surface area contributed by atoms with Crippen LogP contribution in [0.3, 0.4) is 0 Å². The summed E-state index contributed by atoms with van der Waals surface area (Å²) in [5.74, 6) is -0.418. The van der Waals surface area contributed by atoms with Crippen molar-refractivity contribution in [3.8, 4) is 0 Å². The van der Waals surface area contributed by atoms with Crippen molar-refractivity contribution in [2.45, 2.75) is 19.9 Å². The van der Waals surface area contributed by atoms with Gasteiger partial charge in [-0.3, -0.25) is 9.78 Å². The zero-order valence-electron chi connectivity index (χ0n) is 8.95. The third-order valence-corrected chi connectivity index (χ3v) is 2.38. The lowest BCUT2D eigenvalue weighted by atomic mass is 10.1. The number of amides is 1. The maximum atomic E-state index is 11.4. The number of esters is 1. The van der Waals surface area contributed by atoms with Crippen LogP contribution >= 0.6 is 0 Å². The van der Waals surface area contributed by atoms with Crippen LogP contribution in [0.4, 0.5) is 0 Å². The van der Waals surface area contributed by atoms with Gasteiger partial charge >= 0.3 is 5.97 Å². The number of nitrogens with one attached hydrogen (secondary N) is 1. The van der Waals surface area contributed by atoms with E-state index in [0.717, 1.165) is 11.3 Å². The van der Waals surface area contributed by atoms with Gasteiger partial charge in [-0.1, -0.05) is 0 Å². The lowest BCUT2D eigenvalue weighted by molar-refractivity contribution is -0.121. The van der Waals surface area contributed by atoms with Crippen LogP contribution in [0.5, 0.6) is 0 Å². The van der Waals surface area contributed by atoms with Crippen molar-refractivity contribution in [3.63, 3.8) is 0 Å². The van der Waals surface area contributed by atoms with Crippen LogP contribution in [0, 0.1) is 0 Å². The fraction of sp³-hybridized carbons (Fsp3) is 0.364. The first kappa shape index (κ1) is 10.6. The van der Waals surface area contributed by atoms with Crippen molar-refractivity contribution < 1.29 is 14.3 Å². The Kier molecular flexibility index (Phi) is 2.85. The molecule has 2 rings (SSSR count). The van der Waals surface area contributed by atoms with Crippen molar-refractivity contribution in [1.29, 1.82) is 0 Å². The third kappa shape index (κ3) is 2.03. The van der Waals surface area contributed by atoms with Crippen LogP contribution in [0.2, 0.25) is 0 Å². The number of hydrogen-bond acceptors (Lipinski definition) is 4. The quantitative estimate of drug-likeness (QED) is 0.734. The van der Waals surface area contributed by atoms with Gasteiger partial charge in [0.1, 0.15) is 0 Å². The first-order valence-electron chi connectivity index (χ1n) is 5.12. The molecule has 5 nitrogen and oxygen atoms in total. The van der Waals surface area contributed by atoms with Crippen LogP contribution in [0.15, 0.2) is 12.3 Å². The second-order valence-corrected chi connectivity index (χ2v) is 3.50. The van der Waals surface area contributed by atoms with Crippen LogP contribution < -0.4 is 5.32 Å². The van der Waals surface area contributed by atoms with E-state index >= 15 is 0 Å². The second-order valence-electron chi connectivity index (χ2n) is 3.50. The smallest absolute Gasteiger partial charge is 0.339 e. The fourth-order valence-corrected chi connectivity index (χ4v) is 1.59. The highest BCUT2D eigenvalue weighted by molar-refractivity contribution is 5.89. The predicted molar refractivity (Wildman–Crippen MR) is 55.7 cm³/mol. The number of carbonyl (C=O) groups is 2. The molecule has 0 saturated carbocycles. The maximum Gasteiger partial charge on any atom is 0.339 e. The minimum Gasteiger partial charge on any atom is -0.462 e. The molecule has 5 heteroatoms.